The van der Waals surface area contributed by atoms with E-state index >= 15 is 0 Å². The highest BCUT2D eigenvalue weighted by Gasteiger charge is 2.09. The fourth-order valence-corrected chi connectivity index (χ4v) is 1.98. The standard InChI is InChI=1S/C15H24N2O2/c1-11(2)9-12(3)17-15(18)7-8-19-14-6-4-5-13(16)10-14/h4-6,10-12H,7-9,16H2,1-3H3,(H,17,18). The second kappa shape index (κ2) is 7.67. The number of carbonyl (C=O) groups excluding carboxylic acids is 1. The first-order valence-corrected chi connectivity index (χ1v) is 6.75. The number of hydrogen-bond acceptors (Lipinski definition) is 3. The molecule has 0 bridgehead atoms. The summed E-state index contributed by atoms with van der Waals surface area (Å²) in [4.78, 5) is 11.7. The zero-order valence-electron chi connectivity index (χ0n) is 12.0. The Bertz CT molecular complexity index is 405. The normalized spacial score (nSPS) is 12.2. The topological polar surface area (TPSA) is 64.3 Å². The fourth-order valence-electron chi connectivity index (χ4n) is 1.98. The van der Waals surface area contributed by atoms with E-state index in [-0.39, 0.29) is 11.9 Å². The molecule has 4 nitrogen and oxygen atoms in total. The molecule has 1 unspecified atom stereocenters. The van der Waals surface area contributed by atoms with E-state index in [0.717, 1.165) is 6.42 Å². The summed E-state index contributed by atoms with van der Waals surface area (Å²) in [7, 11) is 0. The molecule has 19 heavy (non-hydrogen) atoms. The maximum atomic E-state index is 11.7. The van der Waals surface area contributed by atoms with E-state index in [1.807, 2.05) is 19.1 Å². The van der Waals surface area contributed by atoms with E-state index in [9.17, 15) is 4.79 Å². The lowest BCUT2D eigenvalue weighted by molar-refractivity contribution is -0.122. The van der Waals surface area contributed by atoms with Crippen LogP contribution in [-0.4, -0.2) is 18.6 Å². The molecule has 0 aliphatic carbocycles. The van der Waals surface area contributed by atoms with Crippen LogP contribution in [0.25, 0.3) is 0 Å². The summed E-state index contributed by atoms with van der Waals surface area (Å²) in [6.07, 6.45) is 1.35. The molecule has 0 heterocycles. The highest BCUT2D eigenvalue weighted by molar-refractivity contribution is 5.76. The van der Waals surface area contributed by atoms with Gasteiger partial charge < -0.3 is 15.8 Å². The molecule has 1 amide bonds. The monoisotopic (exact) mass is 264 g/mol. The van der Waals surface area contributed by atoms with Crippen molar-refractivity contribution in [1.29, 1.82) is 0 Å². The van der Waals surface area contributed by atoms with Gasteiger partial charge in [-0.05, 0) is 31.4 Å². The number of hydrogen-bond donors (Lipinski definition) is 2. The Balaban J connectivity index is 2.23. The quantitative estimate of drug-likeness (QED) is 0.744. The Morgan fingerprint density at radius 1 is 1.37 bits per heavy atom. The maximum absolute atomic E-state index is 11.7. The van der Waals surface area contributed by atoms with Crippen molar-refractivity contribution in [1.82, 2.24) is 5.32 Å². The highest BCUT2D eigenvalue weighted by Crippen LogP contribution is 2.14. The van der Waals surface area contributed by atoms with Crippen molar-refractivity contribution < 1.29 is 9.53 Å². The van der Waals surface area contributed by atoms with E-state index in [4.69, 9.17) is 10.5 Å². The summed E-state index contributed by atoms with van der Waals surface area (Å²) in [5, 5.41) is 2.97. The molecule has 1 aromatic rings. The van der Waals surface area contributed by atoms with Crippen LogP contribution in [0.2, 0.25) is 0 Å². The zero-order chi connectivity index (χ0) is 14.3. The molecule has 0 spiro atoms. The molecule has 3 N–H and O–H groups in total. The molecule has 0 saturated carbocycles. The Morgan fingerprint density at radius 3 is 2.74 bits per heavy atom. The van der Waals surface area contributed by atoms with Crippen molar-refractivity contribution in [2.75, 3.05) is 12.3 Å². The molecule has 0 aromatic heterocycles. The van der Waals surface area contributed by atoms with E-state index < -0.39 is 0 Å². The van der Waals surface area contributed by atoms with Gasteiger partial charge in [0.15, 0.2) is 0 Å². The Labute approximate surface area is 115 Å². The number of rotatable bonds is 7. The summed E-state index contributed by atoms with van der Waals surface area (Å²) < 4.78 is 5.48. The minimum absolute atomic E-state index is 0.0250. The molecule has 0 saturated heterocycles. The first-order chi connectivity index (χ1) is 8.97. The van der Waals surface area contributed by atoms with Crippen LogP contribution in [-0.2, 0) is 4.79 Å². The summed E-state index contributed by atoms with van der Waals surface area (Å²) in [6.45, 7) is 6.68. The number of anilines is 1. The second-order valence-corrected chi connectivity index (χ2v) is 5.27. The van der Waals surface area contributed by atoms with Crippen LogP contribution in [0.15, 0.2) is 24.3 Å². The molecule has 106 valence electrons. The lowest BCUT2D eigenvalue weighted by atomic mass is 10.1. The van der Waals surface area contributed by atoms with Crippen molar-refractivity contribution in [3.63, 3.8) is 0 Å². The minimum Gasteiger partial charge on any atom is -0.493 e. The van der Waals surface area contributed by atoms with Crippen molar-refractivity contribution in [3.8, 4) is 5.75 Å². The van der Waals surface area contributed by atoms with Crippen molar-refractivity contribution in [2.45, 2.75) is 39.7 Å². The zero-order valence-corrected chi connectivity index (χ0v) is 12.0. The number of ether oxygens (including phenoxy) is 1. The SMILES string of the molecule is CC(C)CC(C)NC(=O)CCOc1cccc(N)c1. The number of benzene rings is 1. The Morgan fingerprint density at radius 2 is 2.11 bits per heavy atom. The largest absolute Gasteiger partial charge is 0.493 e. The molecule has 0 aliphatic heterocycles. The molecule has 0 radical (unpaired) electrons. The van der Waals surface area contributed by atoms with Crippen LogP contribution in [0.4, 0.5) is 5.69 Å². The molecule has 4 heteroatoms. The lowest BCUT2D eigenvalue weighted by Gasteiger charge is -2.16. The summed E-state index contributed by atoms with van der Waals surface area (Å²) in [5.41, 5.74) is 6.30. The molecule has 0 fully saturated rings. The van der Waals surface area contributed by atoms with Gasteiger partial charge in [0, 0.05) is 17.8 Å². The van der Waals surface area contributed by atoms with E-state index in [2.05, 4.69) is 19.2 Å². The Hall–Kier alpha value is -1.71. The van der Waals surface area contributed by atoms with Crippen LogP contribution >= 0.6 is 0 Å². The summed E-state index contributed by atoms with van der Waals surface area (Å²) in [6, 6.07) is 7.41. The first-order valence-electron chi connectivity index (χ1n) is 6.75. The van der Waals surface area contributed by atoms with Crippen LogP contribution in [0.1, 0.15) is 33.6 Å². The van der Waals surface area contributed by atoms with E-state index in [0.29, 0.717) is 30.4 Å². The molecule has 0 aliphatic rings. The Kier molecular flexibility index (Phi) is 6.19. The van der Waals surface area contributed by atoms with Gasteiger partial charge in [0.2, 0.25) is 5.91 Å². The van der Waals surface area contributed by atoms with Gasteiger partial charge in [0.1, 0.15) is 5.75 Å². The van der Waals surface area contributed by atoms with Crippen LogP contribution < -0.4 is 15.8 Å². The van der Waals surface area contributed by atoms with Gasteiger partial charge in [0.25, 0.3) is 0 Å². The van der Waals surface area contributed by atoms with Crippen LogP contribution in [0.3, 0.4) is 0 Å². The van der Waals surface area contributed by atoms with E-state index in [1.165, 1.54) is 0 Å². The lowest BCUT2D eigenvalue weighted by Crippen LogP contribution is -2.34. The molecule has 1 rings (SSSR count). The van der Waals surface area contributed by atoms with Crippen LogP contribution in [0.5, 0.6) is 5.75 Å². The van der Waals surface area contributed by atoms with Crippen molar-refractivity contribution >= 4 is 11.6 Å². The van der Waals surface area contributed by atoms with Gasteiger partial charge in [-0.3, -0.25) is 4.79 Å². The number of nitrogens with two attached hydrogens (primary N) is 1. The van der Waals surface area contributed by atoms with Gasteiger partial charge in [-0.25, -0.2) is 0 Å². The number of nitrogen functional groups attached to an aromatic ring is 1. The fraction of sp³-hybridized carbons (Fsp3) is 0.533. The van der Waals surface area contributed by atoms with Crippen LogP contribution in [0, 0.1) is 5.92 Å². The summed E-state index contributed by atoms with van der Waals surface area (Å²) >= 11 is 0. The van der Waals surface area contributed by atoms with Gasteiger partial charge in [-0.15, -0.1) is 0 Å². The number of amides is 1. The van der Waals surface area contributed by atoms with Gasteiger partial charge in [-0.2, -0.15) is 0 Å². The third-order valence-electron chi connectivity index (χ3n) is 2.69. The average Bonchev–Trinajstić information content (AvgIpc) is 2.27. The average molecular weight is 264 g/mol. The van der Waals surface area contributed by atoms with Gasteiger partial charge >= 0.3 is 0 Å². The van der Waals surface area contributed by atoms with Gasteiger partial charge in [0.05, 0.1) is 13.0 Å². The predicted molar refractivity (Wildman–Crippen MR) is 78.0 cm³/mol. The number of nitrogens with one attached hydrogen (secondary N) is 1. The number of carbonyl (C=O) groups is 1. The smallest absolute Gasteiger partial charge is 0.223 e. The van der Waals surface area contributed by atoms with Crippen molar-refractivity contribution in [2.24, 2.45) is 5.92 Å². The predicted octanol–water partition coefficient (Wildman–Crippen LogP) is 2.59. The molecule has 1 aromatic carbocycles. The molecule has 1 atom stereocenters. The third-order valence-corrected chi connectivity index (χ3v) is 2.69. The third kappa shape index (κ3) is 6.70. The second-order valence-electron chi connectivity index (χ2n) is 5.27. The van der Waals surface area contributed by atoms with E-state index in [1.54, 1.807) is 12.1 Å². The molecular weight excluding hydrogens is 240 g/mol. The summed E-state index contributed by atoms with van der Waals surface area (Å²) in [5.74, 6) is 1.30. The highest BCUT2D eigenvalue weighted by atomic mass is 16.5. The van der Waals surface area contributed by atoms with Crippen molar-refractivity contribution in [3.05, 3.63) is 24.3 Å². The first kappa shape index (κ1) is 15.3. The molecular formula is C15H24N2O2. The minimum atomic E-state index is 0.0250. The maximum Gasteiger partial charge on any atom is 0.223 e. The van der Waals surface area contributed by atoms with Gasteiger partial charge in [-0.1, -0.05) is 19.9 Å².